The highest BCUT2D eigenvalue weighted by atomic mass is 32.2. The van der Waals surface area contributed by atoms with Crippen LogP contribution in [0.4, 0.5) is 0 Å². The summed E-state index contributed by atoms with van der Waals surface area (Å²) in [5, 5.41) is 3.78. The zero-order valence-electron chi connectivity index (χ0n) is 7.99. The van der Waals surface area contributed by atoms with Gasteiger partial charge in [0.25, 0.3) is 0 Å². The van der Waals surface area contributed by atoms with Crippen LogP contribution in [0.1, 0.15) is 30.6 Å². The van der Waals surface area contributed by atoms with Crippen LogP contribution in [0.25, 0.3) is 0 Å². The van der Waals surface area contributed by atoms with Crippen molar-refractivity contribution in [2.24, 2.45) is 5.73 Å². The summed E-state index contributed by atoms with van der Waals surface area (Å²) >= 11 is 1.82. The van der Waals surface area contributed by atoms with Crippen molar-refractivity contribution in [3.8, 4) is 0 Å². The zero-order chi connectivity index (χ0) is 9.68. The number of aromatic nitrogens is 2. The molecule has 0 saturated heterocycles. The molecule has 2 N–H and O–H groups in total. The average Bonchev–Trinajstić information content (AvgIpc) is 2.52. The Hall–Kier alpha value is -0.550. The lowest BCUT2D eigenvalue weighted by Gasteiger charge is -2.04. The molecule has 0 aliphatic carbocycles. The van der Waals surface area contributed by atoms with Crippen LogP contribution in [0.2, 0.25) is 0 Å². The van der Waals surface area contributed by atoms with Crippen LogP contribution < -0.4 is 5.73 Å². The second-order valence-electron chi connectivity index (χ2n) is 2.91. The third-order valence-corrected chi connectivity index (χ3v) is 2.44. The lowest BCUT2D eigenvalue weighted by Crippen LogP contribution is -2.12. The maximum atomic E-state index is 5.85. The summed E-state index contributed by atoms with van der Waals surface area (Å²) in [4.78, 5) is 4.08. The summed E-state index contributed by atoms with van der Waals surface area (Å²) in [6.07, 6.45) is 4.10. The van der Waals surface area contributed by atoms with Crippen molar-refractivity contribution in [2.75, 3.05) is 12.0 Å². The van der Waals surface area contributed by atoms with Crippen molar-refractivity contribution in [3.05, 3.63) is 11.7 Å². The Bertz CT molecular complexity index is 251. The molecule has 13 heavy (non-hydrogen) atoms. The number of hydrogen-bond acceptors (Lipinski definition) is 5. The van der Waals surface area contributed by atoms with Gasteiger partial charge in [-0.25, -0.2) is 0 Å². The third-order valence-electron chi connectivity index (χ3n) is 1.74. The van der Waals surface area contributed by atoms with Gasteiger partial charge in [-0.05, 0) is 24.9 Å². The molecule has 74 valence electrons. The molecule has 0 aliphatic heterocycles. The molecule has 1 rings (SSSR count). The van der Waals surface area contributed by atoms with Gasteiger partial charge in [0.2, 0.25) is 5.89 Å². The first-order valence-corrected chi connectivity index (χ1v) is 5.68. The van der Waals surface area contributed by atoms with Crippen molar-refractivity contribution in [2.45, 2.75) is 25.8 Å². The first kappa shape index (κ1) is 10.5. The molecule has 0 bridgehead atoms. The van der Waals surface area contributed by atoms with Crippen LogP contribution in [-0.2, 0) is 0 Å². The van der Waals surface area contributed by atoms with Crippen LogP contribution in [-0.4, -0.2) is 22.1 Å². The first-order chi connectivity index (χ1) is 6.24. The molecular formula is C8H15N3OS. The average molecular weight is 201 g/mol. The van der Waals surface area contributed by atoms with Crippen LogP contribution in [0, 0.1) is 6.92 Å². The molecule has 1 atom stereocenters. The normalized spacial score (nSPS) is 13.2. The van der Waals surface area contributed by atoms with Crippen molar-refractivity contribution in [1.29, 1.82) is 0 Å². The smallest absolute Gasteiger partial charge is 0.223 e. The van der Waals surface area contributed by atoms with Gasteiger partial charge < -0.3 is 10.3 Å². The molecule has 0 spiro atoms. The Morgan fingerprint density at radius 1 is 1.62 bits per heavy atom. The van der Waals surface area contributed by atoms with E-state index in [9.17, 15) is 0 Å². The van der Waals surface area contributed by atoms with E-state index in [1.165, 1.54) is 0 Å². The molecule has 0 fully saturated rings. The maximum absolute atomic E-state index is 5.85. The molecule has 1 aromatic rings. The predicted molar refractivity (Wildman–Crippen MR) is 53.6 cm³/mol. The van der Waals surface area contributed by atoms with Crippen LogP contribution in [0.3, 0.4) is 0 Å². The second kappa shape index (κ2) is 5.24. The summed E-state index contributed by atoms with van der Waals surface area (Å²) in [7, 11) is 0. The summed E-state index contributed by atoms with van der Waals surface area (Å²) in [5.41, 5.74) is 5.85. The zero-order valence-corrected chi connectivity index (χ0v) is 8.80. The fourth-order valence-corrected chi connectivity index (χ4v) is 1.50. The topological polar surface area (TPSA) is 64.9 Å². The fourth-order valence-electron chi connectivity index (χ4n) is 1.04. The minimum Gasteiger partial charge on any atom is -0.340 e. The summed E-state index contributed by atoms with van der Waals surface area (Å²) in [6.45, 7) is 1.77. The van der Waals surface area contributed by atoms with Crippen LogP contribution in [0.15, 0.2) is 4.52 Å². The van der Waals surface area contributed by atoms with Gasteiger partial charge in [-0.3, -0.25) is 0 Å². The highest BCUT2D eigenvalue weighted by Crippen LogP contribution is 2.13. The van der Waals surface area contributed by atoms with E-state index in [2.05, 4.69) is 16.4 Å². The number of thioether (sulfide) groups is 1. The van der Waals surface area contributed by atoms with Gasteiger partial charge >= 0.3 is 0 Å². The van der Waals surface area contributed by atoms with Crippen molar-refractivity contribution < 1.29 is 4.52 Å². The minimum atomic E-state index is -0.0791. The van der Waals surface area contributed by atoms with Gasteiger partial charge in [-0.2, -0.15) is 16.7 Å². The van der Waals surface area contributed by atoms with E-state index in [1.54, 1.807) is 6.92 Å². The summed E-state index contributed by atoms with van der Waals surface area (Å²) < 4.78 is 4.85. The Morgan fingerprint density at radius 2 is 2.38 bits per heavy atom. The first-order valence-electron chi connectivity index (χ1n) is 4.28. The van der Waals surface area contributed by atoms with Crippen molar-refractivity contribution in [1.82, 2.24) is 10.1 Å². The molecule has 1 heterocycles. The van der Waals surface area contributed by atoms with E-state index in [-0.39, 0.29) is 6.04 Å². The van der Waals surface area contributed by atoms with E-state index in [1.807, 2.05) is 11.8 Å². The molecule has 0 aliphatic rings. The Morgan fingerprint density at radius 3 is 2.92 bits per heavy atom. The Balaban J connectivity index is 2.35. The van der Waals surface area contributed by atoms with E-state index in [0.717, 1.165) is 18.6 Å². The molecule has 1 unspecified atom stereocenters. The predicted octanol–water partition coefficient (Wildman–Crippen LogP) is 1.52. The highest BCUT2D eigenvalue weighted by molar-refractivity contribution is 7.98. The lowest BCUT2D eigenvalue weighted by molar-refractivity contribution is 0.382. The van der Waals surface area contributed by atoms with Gasteiger partial charge in [0, 0.05) is 6.92 Å². The van der Waals surface area contributed by atoms with Crippen molar-refractivity contribution >= 4 is 11.8 Å². The largest absolute Gasteiger partial charge is 0.340 e. The standard InChI is InChI=1S/C8H15N3OS/c1-6-10-8(11-12-6)7(9)4-3-5-13-2/h7H,3-5,9H2,1-2H3. The summed E-state index contributed by atoms with van der Waals surface area (Å²) in [5.74, 6) is 2.33. The molecule has 0 radical (unpaired) electrons. The Kier molecular flexibility index (Phi) is 4.24. The molecule has 0 aromatic carbocycles. The van der Waals surface area contributed by atoms with E-state index < -0.39 is 0 Å². The number of rotatable bonds is 5. The van der Waals surface area contributed by atoms with Crippen molar-refractivity contribution in [3.63, 3.8) is 0 Å². The van der Waals surface area contributed by atoms with Crippen LogP contribution >= 0.6 is 11.8 Å². The van der Waals surface area contributed by atoms with Gasteiger partial charge in [-0.15, -0.1) is 0 Å². The number of aryl methyl sites for hydroxylation is 1. The fraction of sp³-hybridized carbons (Fsp3) is 0.750. The molecule has 0 saturated carbocycles. The van der Waals surface area contributed by atoms with Crippen LogP contribution in [0.5, 0.6) is 0 Å². The second-order valence-corrected chi connectivity index (χ2v) is 3.90. The summed E-state index contributed by atoms with van der Waals surface area (Å²) in [6, 6.07) is -0.0791. The Labute approximate surface area is 82.3 Å². The quantitative estimate of drug-likeness (QED) is 0.732. The number of nitrogens with zero attached hydrogens (tertiary/aromatic N) is 2. The highest BCUT2D eigenvalue weighted by Gasteiger charge is 2.11. The maximum Gasteiger partial charge on any atom is 0.223 e. The van der Waals surface area contributed by atoms with E-state index in [0.29, 0.717) is 11.7 Å². The van der Waals surface area contributed by atoms with Gasteiger partial charge in [-0.1, -0.05) is 5.16 Å². The number of nitrogens with two attached hydrogens (primary N) is 1. The molecule has 1 aromatic heterocycles. The molecule has 5 heteroatoms. The minimum absolute atomic E-state index is 0.0791. The molecular weight excluding hydrogens is 186 g/mol. The van der Waals surface area contributed by atoms with Gasteiger partial charge in [0.05, 0.1) is 6.04 Å². The molecule has 4 nitrogen and oxygen atoms in total. The van der Waals surface area contributed by atoms with Gasteiger partial charge in [0.1, 0.15) is 0 Å². The molecule has 0 amide bonds. The third kappa shape index (κ3) is 3.36. The lowest BCUT2D eigenvalue weighted by atomic mass is 10.2. The SMILES string of the molecule is CSCCCC(N)c1noc(C)n1. The van der Waals surface area contributed by atoms with E-state index >= 15 is 0 Å². The van der Waals surface area contributed by atoms with E-state index in [4.69, 9.17) is 10.3 Å². The monoisotopic (exact) mass is 201 g/mol. The van der Waals surface area contributed by atoms with Gasteiger partial charge in [0.15, 0.2) is 5.82 Å². The number of hydrogen-bond donors (Lipinski definition) is 1.